The monoisotopic (exact) mass is 417 g/mol. The largest absolute Gasteiger partial charge is 0.493 e. The molecule has 1 saturated heterocycles. The number of para-hydroxylation sites is 1. The fourth-order valence-electron chi connectivity index (χ4n) is 3.52. The van der Waals surface area contributed by atoms with Gasteiger partial charge in [-0.25, -0.2) is 0 Å². The Morgan fingerprint density at radius 3 is 2.45 bits per heavy atom. The molecule has 0 unspecified atom stereocenters. The van der Waals surface area contributed by atoms with Crippen molar-refractivity contribution in [3.63, 3.8) is 0 Å². The number of methoxy groups -OCH3 is 2. The van der Waals surface area contributed by atoms with E-state index < -0.39 is 0 Å². The molecule has 0 spiro atoms. The molecule has 0 aliphatic carbocycles. The number of nitrogens with one attached hydrogen (secondary N) is 1. The average molecular weight is 418 g/mol. The maximum atomic E-state index is 12.4. The van der Waals surface area contributed by atoms with Gasteiger partial charge in [-0.3, -0.25) is 9.69 Å². The molecule has 1 aliphatic rings. The summed E-state index contributed by atoms with van der Waals surface area (Å²) in [4.78, 5) is 17.3. The van der Waals surface area contributed by atoms with Crippen molar-refractivity contribution < 1.29 is 14.3 Å². The summed E-state index contributed by atoms with van der Waals surface area (Å²) in [6, 6.07) is 13.8. The Balaban J connectivity index is 1.41. The summed E-state index contributed by atoms with van der Waals surface area (Å²) in [5.41, 5.74) is 1.75. The van der Waals surface area contributed by atoms with Crippen LogP contribution in [-0.4, -0.2) is 64.3 Å². The van der Waals surface area contributed by atoms with Crippen LogP contribution in [-0.2, 0) is 0 Å². The zero-order chi connectivity index (χ0) is 20.6. The second kappa shape index (κ2) is 10.4. The van der Waals surface area contributed by atoms with E-state index in [2.05, 4.69) is 39.4 Å². The molecule has 2 aromatic carbocycles. The molecule has 1 aliphatic heterocycles. The second-order valence-electron chi connectivity index (χ2n) is 6.97. The molecule has 0 aromatic heterocycles. The molecule has 156 valence electrons. The van der Waals surface area contributed by atoms with Crippen LogP contribution < -0.4 is 19.7 Å². The van der Waals surface area contributed by atoms with Gasteiger partial charge < -0.3 is 19.7 Å². The molecule has 3 rings (SSSR count). The summed E-state index contributed by atoms with van der Waals surface area (Å²) in [6.07, 6.45) is 0.901. The summed E-state index contributed by atoms with van der Waals surface area (Å²) in [6.45, 7) is 5.71. The van der Waals surface area contributed by atoms with Gasteiger partial charge in [0.25, 0.3) is 5.91 Å². The van der Waals surface area contributed by atoms with Gasteiger partial charge in [0, 0.05) is 44.0 Å². The highest BCUT2D eigenvalue weighted by atomic mass is 35.5. The number of carbonyl (C=O) groups is 1. The van der Waals surface area contributed by atoms with E-state index >= 15 is 0 Å². The highest BCUT2D eigenvalue weighted by Crippen LogP contribution is 2.35. The summed E-state index contributed by atoms with van der Waals surface area (Å²) in [5, 5.41) is 3.31. The number of rotatable bonds is 8. The molecule has 1 N–H and O–H groups in total. The second-order valence-corrected chi connectivity index (χ2v) is 7.37. The normalized spacial score (nSPS) is 14.5. The van der Waals surface area contributed by atoms with E-state index in [0.717, 1.165) is 39.1 Å². The molecule has 1 fully saturated rings. The molecule has 0 radical (unpaired) electrons. The first-order valence-electron chi connectivity index (χ1n) is 9.84. The van der Waals surface area contributed by atoms with Crippen molar-refractivity contribution in [3.8, 4) is 11.5 Å². The van der Waals surface area contributed by atoms with Crippen LogP contribution in [0.5, 0.6) is 11.5 Å². The lowest BCUT2D eigenvalue weighted by Crippen LogP contribution is -2.47. The molecular formula is C22H28ClN3O3. The highest BCUT2D eigenvalue weighted by molar-refractivity contribution is 6.32. The molecule has 1 heterocycles. The Kier molecular flexibility index (Phi) is 7.61. The summed E-state index contributed by atoms with van der Waals surface area (Å²) >= 11 is 6.18. The Morgan fingerprint density at radius 2 is 1.79 bits per heavy atom. The van der Waals surface area contributed by atoms with Crippen molar-refractivity contribution in [2.45, 2.75) is 6.42 Å². The number of benzene rings is 2. The molecule has 1 amide bonds. The third-order valence-electron chi connectivity index (χ3n) is 5.13. The summed E-state index contributed by atoms with van der Waals surface area (Å²) in [5.74, 6) is 0.712. The molecule has 29 heavy (non-hydrogen) atoms. The molecule has 2 aromatic rings. The zero-order valence-corrected chi connectivity index (χ0v) is 17.7. The lowest BCUT2D eigenvalue weighted by Gasteiger charge is -2.36. The Bertz CT molecular complexity index is 808. The van der Waals surface area contributed by atoms with Crippen LogP contribution in [0.2, 0.25) is 5.02 Å². The summed E-state index contributed by atoms with van der Waals surface area (Å²) < 4.78 is 10.5. The lowest BCUT2D eigenvalue weighted by molar-refractivity contribution is 0.0951. The van der Waals surface area contributed by atoms with Crippen molar-refractivity contribution in [2.24, 2.45) is 0 Å². The van der Waals surface area contributed by atoms with E-state index in [-0.39, 0.29) is 5.91 Å². The van der Waals surface area contributed by atoms with Crippen LogP contribution >= 0.6 is 11.6 Å². The van der Waals surface area contributed by atoms with Crippen molar-refractivity contribution in [1.82, 2.24) is 10.2 Å². The predicted molar refractivity (Wildman–Crippen MR) is 117 cm³/mol. The van der Waals surface area contributed by atoms with E-state index in [4.69, 9.17) is 21.1 Å². The summed E-state index contributed by atoms with van der Waals surface area (Å²) in [7, 11) is 3.04. The number of piperazine rings is 1. The average Bonchev–Trinajstić information content (AvgIpc) is 2.77. The number of amides is 1. The van der Waals surface area contributed by atoms with Gasteiger partial charge in [0.2, 0.25) is 0 Å². The number of hydrogen-bond acceptors (Lipinski definition) is 5. The third-order valence-corrected chi connectivity index (χ3v) is 5.41. The van der Waals surface area contributed by atoms with E-state index in [1.165, 1.54) is 19.9 Å². The van der Waals surface area contributed by atoms with Gasteiger partial charge >= 0.3 is 0 Å². The molecule has 7 heteroatoms. The first-order valence-corrected chi connectivity index (χ1v) is 10.2. The van der Waals surface area contributed by atoms with Crippen LogP contribution in [0, 0.1) is 0 Å². The minimum atomic E-state index is -0.165. The quantitative estimate of drug-likeness (QED) is 0.668. The number of ether oxygens (including phenoxy) is 2. The van der Waals surface area contributed by atoms with Gasteiger partial charge in [0.15, 0.2) is 11.5 Å². The minimum absolute atomic E-state index is 0.165. The van der Waals surface area contributed by atoms with Crippen LogP contribution in [0.15, 0.2) is 42.5 Å². The van der Waals surface area contributed by atoms with E-state index in [9.17, 15) is 4.79 Å². The van der Waals surface area contributed by atoms with Gasteiger partial charge in [-0.15, -0.1) is 0 Å². The van der Waals surface area contributed by atoms with Crippen LogP contribution in [0.25, 0.3) is 0 Å². The number of carbonyl (C=O) groups excluding carboxylic acids is 1. The Morgan fingerprint density at radius 1 is 1.07 bits per heavy atom. The van der Waals surface area contributed by atoms with E-state index in [1.54, 1.807) is 12.1 Å². The van der Waals surface area contributed by atoms with Gasteiger partial charge in [-0.2, -0.15) is 0 Å². The molecule has 0 saturated carbocycles. The van der Waals surface area contributed by atoms with E-state index in [0.29, 0.717) is 28.6 Å². The Labute approximate surface area is 177 Å². The maximum Gasteiger partial charge on any atom is 0.251 e. The number of anilines is 1. The third kappa shape index (κ3) is 5.55. The van der Waals surface area contributed by atoms with Crippen molar-refractivity contribution in [3.05, 3.63) is 53.1 Å². The topological polar surface area (TPSA) is 54.0 Å². The van der Waals surface area contributed by atoms with Crippen molar-refractivity contribution in [2.75, 3.05) is 58.4 Å². The van der Waals surface area contributed by atoms with Crippen molar-refractivity contribution >= 4 is 23.2 Å². The van der Waals surface area contributed by atoms with Gasteiger partial charge in [0.05, 0.1) is 19.2 Å². The molecule has 6 nitrogen and oxygen atoms in total. The van der Waals surface area contributed by atoms with Crippen LogP contribution in [0.3, 0.4) is 0 Å². The highest BCUT2D eigenvalue weighted by Gasteiger charge is 2.17. The van der Waals surface area contributed by atoms with Gasteiger partial charge in [0.1, 0.15) is 0 Å². The van der Waals surface area contributed by atoms with Crippen LogP contribution in [0.1, 0.15) is 16.8 Å². The number of hydrogen-bond donors (Lipinski definition) is 1. The van der Waals surface area contributed by atoms with Crippen LogP contribution in [0.4, 0.5) is 5.69 Å². The zero-order valence-electron chi connectivity index (χ0n) is 17.0. The van der Waals surface area contributed by atoms with E-state index in [1.807, 2.05) is 6.07 Å². The van der Waals surface area contributed by atoms with Gasteiger partial charge in [-0.1, -0.05) is 29.8 Å². The Hall–Kier alpha value is -2.44. The van der Waals surface area contributed by atoms with Crippen molar-refractivity contribution in [1.29, 1.82) is 0 Å². The first kappa shape index (κ1) is 21.3. The fourth-order valence-corrected chi connectivity index (χ4v) is 3.81. The molecule has 0 bridgehead atoms. The standard InChI is InChI=1S/C22H28ClN3O3/c1-28-20-16-17(15-19(23)21(20)29-2)22(27)24-9-6-10-25-11-13-26(14-12-25)18-7-4-3-5-8-18/h3-5,7-8,15-16H,6,9-14H2,1-2H3,(H,24,27). The molecular weight excluding hydrogens is 390 g/mol. The maximum absolute atomic E-state index is 12.4. The fraction of sp³-hybridized carbons (Fsp3) is 0.409. The lowest BCUT2D eigenvalue weighted by atomic mass is 10.2. The molecule has 0 atom stereocenters. The first-order chi connectivity index (χ1) is 14.1. The predicted octanol–water partition coefficient (Wildman–Crippen LogP) is 3.30. The van der Waals surface area contributed by atoms with Gasteiger partial charge in [-0.05, 0) is 37.2 Å². The number of nitrogens with zero attached hydrogens (tertiary/aromatic N) is 2. The number of halogens is 1. The minimum Gasteiger partial charge on any atom is -0.493 e. The SMILES string of the molecule is COc1cc(C(=O)NCCCN2CCN(c3ccccc3)CC2)cc(Cl)c1OC. The smallest absolute Gasteiger partial charge is 0.251 e.